The number of hydrogen-bond acceptors (Lipinski definition) is 3. The van der Waals surface area contributed by atoms with Crippen LogP contribution in [-0.2, 0) is 10.2 Å². The fraction of sp³-hybridized carbons (Fsp3) is 0.769. The second-order valence-electron chi connectivity index (χ2n) is 5.68. The van der Waals surface area contributed by atoms with E-state index in [2.05, 4.69) is 26.2 Å². The summed E-state index contributed by atoms with van der Waals surface area (Å²) < 4.78 is 5.85. The Labute approximate surface area is 112 Å². The smallest absolute Gasteiger partial charge is 0.104 e. The van der Waals surface area contributed by atoms with E-state index in [-0.39, 0.29) is 11.5 Å². The molecule has 0 amide bonds. The summed E-state index contributed by atoms with van der Waals surface area (Å²) >= 11 is 7.75. The first-order valence-corrected chi connectivity index (χ1v) is 7.57. The molecule has 0 saturated carbocycles. The van der Waals surface area contributed by atoms with Crippen LogP contribution in [0.15, 0.2) is 5.38 Å². The van der Waals surface area contributed by atoms with E-state index >= 15 is 0 Å². The van der Waals surface area contributed by atoms with Crippen LogP contribution in [0, 0.1) is 5.92 Å². The number of thiazole rings is 1. The summed E-state index contributed by atoms with van der Waals surface area (Å²) in [5.74, 6) is 1.08. The van der Waals surface area contributed by atoms with Gasteiger partial charge in [0, 0.05) is 29.2 Å². The lowest BCUT2D eigenvalue weighted by molar-refractivity contribution is -0.0231. The minimum Gasteiger partial charge on any atom is -0.372 e. The molecular formula is C13H20ClNOS. The second-order valence-corrected chi connectivity index (χ2v) is 6.84. The van der Waals surface area contributed by atoms with Crippen LogP contribution in [-0.4, -0.2) is 17.5 Å². The monoisotopic (exact) mass is 273 g/mol. The zero-order chi connectivity index (χ0) is 12.5. The Bertz CT molecular complexity index is 372. The fourth-order valence-electron chi connectivity index (χ4n) is 2.09. The molecule has 1 aliphatic heterocycles. The van der Waals surface area contributed by atoms with E-state index in [0.717, 1.165) is 25.1 Å². The molecule has 1 aliphatic rings. The molecule has 2 unspecified atom stereocenters. The van der Waals surface area contributed by atoms with Gasteiger partial charge in [-0.1, -0.05) is 20.8 Å². The summed E-state index contributed by atoms with van der Waals surface area (Å²) in [6, 6.07) is 0. The third kappa shape index (κ3) is 3.01. The van der Waals surface area contributed by atoms with Crippen LogP contribution in [0.1, 0.15) is 50.4 Å². The van der Waals surface area contributed by atoms with Gasteiger partial charge in [-0.2, -0.15) is 0 Å². The highest BCUT2D eigenvalue weighted by Crippen LogP contribution is 2.36. The minimum absolute atomic E-state index is 0.105. The maximum absolute atomic E-state index is 6.02. The van der Waals surface area contributed by atoms with Crippen molar-refractivity contribution in [3.8, 4) is 0 Å². The Balaban J connectivity index is 2.18. The highest BCUT2D eigenvalue weighted by atomic mass is 35.5. The van der Waals surface area contributed by atoms with Gasteiger partial charge in [0.15, 0.2) is 0 Å². The van der Waals surface area contributed by atoms with Crippen LogP contribution < -0.4 is 0 Å². The summed E-state index contributed by atoms with van der Waals surface area (Å²) in [7, 11) is 0. The van der Waals surface area contributed by atoms with E-state index in [1.807, 2.05) is 0 Å². The van der Waals surface area contributed by atoms with Crippen molar-refractivity contribution in [3.63, 3.8) is 0 Å². The Hall–Kier alpha value is -0.120. The third-order valence-corrected chi connectivity index (χ3v) is 4.78. The average molecular weight is 274 g/mol. The van der Waals surface area contributed by atoms with E-state index in [1.165, 1.54) is 5.01 Å². The van der Waals surface area contributed by atoms with Gasteiger partial charge in [-0.25, -0.2) is 4.98 Å². The van der Waals surface area contributed by atoms with Gasteiger partial charge in [-0.05, 0) is 12.8 Å². The van der Waals surface area contributed by atoms with Crippen molar-refractivity contribution < 1.29 is 4.74 Å². The van der Waals surface area contributed by atoms with E-state index in [1.54, 1.807) is 11.3 Å². The first-order chi connectivity index (χ1) is 8.02. The van der Waals surface area contributed by atoms with E-state index in [9.17, 15) is 0 Å². The van der Waals surface area contributed by atoms with Gasteiger partial charge < -0.3 is 4.74 Å². The molecule has 2 heterocycles. The number of rotatable bonds is 2. The van der Waals surface area contributed by atoms with Crippen molar-refractivity contribution in [2.75, 3.05) is 12.5 Å². The van der Waals surface area contributed by atoms with Crippen molar-refractivity contribution in [1.29, 1.82) is 0 Å². The summed E-state index contributed by atoms with van der Waals surface area (Å²) in [5.41, 5.74) is 1.19. The number of hydrogen-bond donors (Lipinski definition) is 0. The topological polar surface area (TPSA) is 22.1 Å². The normalized spacial score (nSPS) is 26.1. The number of aromatic nitrogens is 1. The molecule has 0 aromatic carbocycles. The van der Waals surface area contributed by atoms with Gasteiger partial charge in [0.25, 0.3) is 0 Å². The summed E-state index contributed by atoms with van der Waals surface area (Å²) in [6.45, 7) is 7.41. The first-order valence-electron chi connectivity index (χ1n) is 6.16. The highest BCUT2D eigenvalue weighted by molar-refractivity contribution is 7.09. The number of ether oxygens (including phenoxy) is 1. The van der Waals surface area contributed by atoms with Crippen molar-refractivity contribution in [2.45, 2.75) is 45.1 Å². The minimum atomic E-state index is 0.105. The molecule has 0 aliphatic carbocycles. The Morgan fingerprint density at radius 2 is 2.29 bits per heavy atom. The molecule has 0 N–H and O–H groups in total. The van der Waals surface area contributed by atoms with Gasteiger partial charge in [0.1, 0.15) is 6.10 Å². The lowest BCUT2D eigenvalue weighted by Crippen LogP contribution is -2.24. The molecule has 1 fully saturated rings. The maximum Gasteiger partial charge on any atom is 0.104 e. The predicted octanol–water partition coefficient (Wildman–Crippen LogP) is 4.15. The van der Waals surface area contributed by atoms with E-state index in [4.69, 9.17) is 21.3 Å². The lowest BCUT2D eigenvalue weighted by Gasteiger charge is -2.29. The Morgan fingerprint density at radius 1 is 1.53 bits per heavy atom. The highest BCUT2D eigenvalue weighted by Gasteiger charge is 2.30. The molecule has 1 saturated heterocycles. The summed E-state index contributed by atoms with van der Waals surface area (Å²) in [5, 5.41) is 3.31. The zero-order valence-electron chi connectivity index (χ0n) is 10.7. The van der Waals surface area contributed by atoms with Crippen molar-refractivity contribution in [1.82, 2.24) is 4.98 Å². The number of alkyl halides is 1. The SMILES string of the molecule is CC(C)(C)c1nc(C2OCCCC2CCl)cs1. The molecular weight excluding hydrogens is 254 g/mol. The Kier molecular flexibility index (Phi) is 4.11. The van der Waals surface area contributed by atoms with Crippen molar-refractivity contribution >= 4 is 22.9 Å². The molecule has 0 bridgehead atoms. The van der Waals surface area contributed by atoms with Crippen molar-refractivity contribution in [2.24, 2.45) is 5.92 Å². The Morgan fingerprint density at radius 3 is 2.88 bits per heavy atom. The van der Waals surface area contributed by atoms with Gasteiger partial charge in [0.2, 0.25) is 0 Å². The molecule has 2 atom stereocenters. The van der Waals surface area contributed by atoms with Gasteiger partial charge >= 0.3 is 0 Å². The standard InChI is InChI=1S/C13H20ClNOS/c1-13(2,3)12-15-10(8-17-12)11-9(7-14)5-4-6-16-11/h8-9,11H,4-7H2,1-3H3. The van der Waals surface area contributed by atoms with Crippen LogP contribution in [0.25, 0.3) is 0 Å². The lowest BCUT2D eigenvalue weighted by atomic mass is 9.94. The van der Waals surface area contributed by atoms with Crippen LogP contribution in [0.2, 0.25) is 0 Å². The molecule has 0 spiro atoms. The van der Waals surface area contributed by atoms with E-state index < -0.39 is 0 Å². The van der Waals surface area contributed by atoms with Gasteiger partial charge in [-0.3, -0.25) is 0 Å². The summed E-state index contributed by atoms with van der Waals surface area (Å²) in [4.78, 5) is 4.74. The number of halogens is 1. The number of nitrogens with zero attached hydrogens (tertiary/aromatic N) is 1. The third-order valence-electron chi connectivity index (χ3n) is 3.10. The van der Waals surface area contributed by atoms with Crippen LogP contribution >= 0.6 is 22.9 Å². The fourth-order valence-corrected chi connectivity index (χ4v) is 3.34. The predicted molar refractivity (Wildman–Crippen MR) is 73.0 cm³/mol. The average Bonchev–Trinajstić information content (AvgIpc) is 2.77. The van der Waals surface area contributed by atoms with Gasteiger partial charge in [0.05, 0.1) is 10.7 Å². The summed E-state index contributed by atoms with van der Waals surface area (Å²) in [6.07, 6.45) is 2.37. The van der Waals surface area contributed by atoms with Gasteiger partial charge in [-0.15, -0.1) is 22.9 Å². The molecule has 96 valence electrons. The van der Waals surface area contributed by atoms with Crippen LogP contribution in [0.3, 0.4) is 0 Å². The molecule has 2 nitrogen and oxygen atoms in total. The molecule has 4 heteroatoms. The second kappa shape index (κ2) is 5.25. The largest absolute Gasteiger partial charge is 0.372 e. The van der Waals surface area contributed by atoms with Crippen molar-refractivity contribution in [3.05, 3.63) is 16.1 Å². The molecule has 2 rings (SSSR count). The van der Waals surface area contributed by atoms with Crippen LogP contribution in [0.5, 0.6) is 0 Å². The van der Waals surface area contributed by atoms with E-state index in [0.29, 0.717) is 11.8 Å². The molecule has 0 radical (unpaired) electrons. The van der Waals surface area contributed by atoms with Crippen LogP contribution in [0.4, 0.5) is 0 Å². The molecule has 1 aromatic rings. The quantitative estimate of drug-likeness (QED) is 0.756. The molecule has 17 heavy (non-hydrogen) atoms. The first kappa shape index (κ1) is 13.3. The maximum atomic E-state index is 6.02. The zero-order valence-corrected chi connectivity index (χ0v) is 12.3. The molecule has 1 aromatic heterocycles.